The maximum absolute atomic E-state index is 11.3. The topological polar surface area (TPSA) is 43.1 Å². The van der Waals surface area contributed by atoms with Crippen molar-refractivity contribution in [3.63, 3.8) is 0 Å². The minimum absolute atomic E-state index is 0.435. The number of alkyl halides is 1. The van der Waals surface area contributed by atoms with Crippen LogP contribution in [0.2, 0.25) is 5.02 Å². The second kappa shape index (κ2) is 6.68. The van der Waals surface area contributed by atoms with E-state index in [4.69, 9.17) is 28.9 Å². The summed E-state index contributed by atoms with van der Waals surface area (Å²) in [6.45, 7) is 0. The van der Waals surface area contributed by atoms with Crippen LogP contribution in [-0.4, -0.2) is 5.91 Å². The zero-order valence-electron chi connectivity index (χ0n) is 12.7. The molecule has 3 aromatic carbocycles. The van der Waals surface area contributed by atoms with Crippen LogP contribution in [0.4, 0.5) is 0 Å². The van der Waals surface area contributed by atoms with E-state index in [9.17, 15) is 4.79 Å². The molecule has 3 rings (SSSR count). The van der Waals surface area contributed by atoms with Crippen molar-refractivity contribution >= 4 is 29.1 Å². The van der Waals surface area contributed by atoms with Gasteiger partial charge in [0.2, 0.25) is 5.91 Å². The second-order valence-corrected chi connectivity index (χ2v) is 6.42. The Bertz CT molecular complexity index is 862. The molecule has 0 saturated heterocycles. The Balaban J connectivity index is 2.23. The number of primary amides is 1. The molecule has 24 heavy (non-hydrogen) atoms. The van der Waals surface area contributed by atoms with E-state index in [-0.39, 0.29) is 0 Å². The van der Waals surface area contributed by atoms with Gasteiger partial charge in [0.1, 0.15) is 4.87 Å². The van der Waals surface area contributed by atoms with Crippen molar-refractivity contribution < 1.29 is 4.79 Å². The van der Waals surface area contributed by atoms with Gasteiger partial charge in [-0.1, -0.05) is 72.3 Å². The lowest BCUT2D eigenvalue weighted by Crippen LogP contribution is -2.23. The Morgan fingerprint density at radius 2 is 1.33 bits per heavy atom. The highest BCUT2D eigenvalue weighted by Crippen LogP contribution is 2.45. The first-order valence-electron chi connectivity index (χ1n) is 7.43. The summed E-state index contributed by atoms with van der Waals surface area (Å²) in [5, 5.41) is 0.579. The van der Waals surface area contributed by atoms with Crippen LogP contribution in [0.15, 0.2) is 78.9 Å². The van der Waals surface area contributed by atoms with Gasteiger partial charge in [-0.2, -0.15) is 0 Å². The first-order valence-corrected chi connectivity index (χ1v) is 8.19. The normalized spacial score (nSPS) is 13.2. The second-order valence-electron chi connectivity index (χ2n) is 5.45. The van der Waals surface area contributed by atoms with E-state index in [0.29, 0.717) is 10.6 Å². The standard InChI is InChI=1S/C20H15Cl2NO/c21-18-9-5-4-8-17(18)20(22,15-6-2-1-3-7-15)16-12-10-14(11-13-16)19(23)24/h1-13H,(H2,23,24). The minimum Gasteiger partial charge on any atom is -0.366 e. The van der Waals surface area contributed by atoms with Crippen LogP contribution in [0.3, 0.4) is 0 Å². The largest absolute Gasteiger partial charge is 0.366 e. The molecule has 3 aromatic rings. The zero-order chi connectivity index (χ0) is 17.2. The van der Waals surface area contributed by atoms with E-state index >= 15 is 0 Å². The van der Waals surface area contributed by atoms with Gasteiger partial charge in [-0.05, 0) is 29.3 Å². The molecule has 120 valence electrons. The molecule has 0 aliphatic heterocycles. The molecule has 0 heterocycles. The lowest BCUT2D eigenvalue weighted by atomic mass is 9.84. The van der Waals surface area contributed by atoms with Crippen molar-refractivity contribution in [3.8, 4) is 0 Å². The number of rotatable bonds is 4. The summed E-state index contributed by atoms with van der Waals surface area (Å²) in [4.78, 5) is 10.4. The molecule has 1 amide bonds. The molecule has 2 N–H and O–H groups in total. The number of benzene rings is 3. The van der Waals surface area contributed by atoms with Crippen LogP contribution in [-0.2, 0) is 4.87 Å². The fourth-order valence-corrected chi connectivity index (χ4v) is 3.49. The molecule has 0 spiro atoms. The smallest absolute Gasteiger partial charge is 0.248 e. The van der Waals surface area contributed by atoms with Crippen LogP contribution < -0.4 is 5.73 Å². The molecule has 2 nitrogen and oxygen atoms in total. The SMILES string of the molecule is NC(=O)c1ccc(C(Cl)(c2ccccc2)c2ccccc2Cl)cc1. The molecule has 0 fully saturated rings. The van der Waals surface area contributed by atoms with Crippen LogP contribution in [0.1, 0.15) is 27.0 Å². The predicted molar refractivity (Wildman–Crippen MR) is 98.6 cm³/mol. The first-order chi connectivity index (χ1) is 11.5. The monoisotopic (exact) mass is 355 g/mol. The molecule has 4 heteroatoms. The van der Waals surface area contributed by atoms with E-state index in [2.05, 4.69) is 0 Å². The van der Waals surface area contributed by atoms with Gasteiger partial charge in [-0.15, -0.1) is 11.6 Å². The zero-order valence-corrected chi connectivity index (χ0v) is 14.3. The minimum atomic E-state index is -0.963. The van der Waals surface area contributed by atoms with Crippen LogP contribution >= 0.6 is 23.2 Å². The predicted octanol–water partition coefficient (Wildman–Crippen LogP) is 4.97. The number of amides is 1. The Kier molecular flexibility index (Phi) is 4.61. The highest BCUT2D eigenvalue weighted by molar-refractivity contribution is 6.34. The summed E-state index contributed by atoms with van der Waals surface area (Å²) in [6.07, 6.45) is 0. The van der Waals surface area contributed by atoms with E-state index in [1.165, 1.54) is 0 Å². The maximum Gasteiger partial charge on any atom is 0.248 e. The third kappa shape index (κ3) is 2.91. The molecule has 0 aliphatic rings. The molecule has 1 unspecified atom stereocenters. The van der Waals surface area contributed by atoms with Crippen LogP contribution in [0.5, 0.6) is 0 Å². The van der Waals surface area contributed by atoms with Crippen LogP contribution in [0.25, 0.3) is 0 Å². The van der Waals surface area contributed by atoms with Gasteiger partial charge in [-0.3, -0.25) is 4.79 Å². The Morgan fingerprint density at radius 3 is 1.92 bits per heavy atom. The average molecular weight is 356 g/mol. The van der Waals surface area contributed by atoms with Crippen molar-refractivity contribution in [2.75, 3.05) is 0 Å². The Labute approximate surface area is 150 Å². The van der Waals surface area contributed by atoms with Crippen LogP contribution in [0, 0.1) is 0 Å². The summed E-state index contributed by atoms with van der Waals surface area (Å²) in [6, 6.07) is 24.2. The quantitative estimate of drug-likeness (QED) is 0.521. The van der Waals surface area contributed by atoms with Crippen molar-refractivity contribution in [3.05, 3.63) is 106 Å². The van der Waals surface area contributed by atoms with E-state index < -0.39 is 10.8 Å². The number of nitrogens with two attached hydrogens (primary N) is 1. The van der Waals surface area contributed by atoms with Gasteiger partial charge < -0.3 is 5.73 Å². The van der Waals surface area contributed by atoms with Gasteiger partial charge in [0.15, 0.2) is 0 Å². The van der Waals surface area contributed by atoms with Crippen molar-refractivity contribution in [1.29, 1.82) is 0 Å². The molecule has 0 bridgehead atoms. The van der Waals surface area contributed by atoms with E-state index in [0.717, 1.165) is 16.7 Å². The van der Waals surface area contributed by atoms with Crippen molar-refractivity contribution in [1.82, 2.24) is 0 Å². The third-order valence-electron chi connectivity index (χ3n) is 3.98. The Morgan fingerprint density at radius 1 is 0.792 bits per heavy atom. The number of carbonyl (C=O) groups is 1. The average Bonchev–Trinajstić information content (AvgIpc) is 2.62. The molecule has 1 atom stereocenters. The lowest BCUT2D eigenvalue weighted by Gasteiger charge is -2.30. The molecular weight excluding hydrogens is 341 g/mol. The van der Waals surface area contributed by atoms with E-state index in [1.807, 2.05) is 66.7 Å². The Hall–Kier alpha value is -2.29. The maximum atomic E-state index is 11.3. The molecule has 0 saturated carbocycles. The highest BCUT2D eigenvalue weighted by atomic mass is 35.5. The number of halogens is 2. The van der Waals surface area contributed by atoms with Gasteiger partial charge in [0, 0.05) is 16.1 Å². The molecule has 0 radical (unpaired) electrons. The number of carbonyl (C=O) groups excluding carboxylic acids is 1. The fraction of sp³-hybridized carbons (Fsp3) is 0.0500. The van der Waals surface area contributed by atoms with Crippen molar-refractivity contribution in [2.45, 2.75) is 4.87 Å². The fourth-order valence-electron chi connectivity index (χ4n) is 2.75. The van der Waals surface area contributed by atoms with E-state index in [1.54, 1.807) is 12.1 Å². The third-order valence-corrected chi connectivity index (χ3v) is 4.95. The van der Waals surface area contributed by atoms with Gasteiger partial charge in [0.05, 0.1) is 0 Å². The summed E-state index contributed by atoms with van der Waals surface area (Å²) in [7, 11) is 0. The molecule has 0 aliphatic carbocycles. The summed E-state index contributed by atoms with van der Waals surface area (Å²) in [5.74, 6) is -0.473. The number of hydrogen-bond donors (Lipinski definition) is 1. The van der Waals surface area contributed by atoms with Gasteiger partial charge in [-0.25, -0.2) is 0 Å². The van der Waals surface area contributed by atoms with Gasteiger partial charge in [0.25, 0.3) is 0 Å². The summed E-state index contributed by atoms with van der Waals surface area (Å²) in [5.41, 5.74) is 8.25. The van der Waals surface area contributed by atoms with Crippen molar-refractivity contribution in [2.24, 2.45) is 5.73 Å². The molecular formula is C20H15Cl2NO. The highest BCUT2D eigenvalue weighted by Gasteiger charge is 2.35. The molecule has 0 aromatic heterocycles. The van der Waals surface area contributed by atoms with Gasteiger partial charge >= 0.3 is 0 Å². The summed E-state index contributed by atoms with van der Waals surface area (Å²) >= 11 is 13.6. The lowest BCUT2D eigenvalue weighted by molar-refractivity contribution is 0.100. The number of hydrogen-bond acceptors (Lipinski definition) is 1. The summed E-state index contributed by atoms with van der Waals surface area (Å²) < 4.78 is 0. The first kappa shape index (κ1) is 16.6.